The molecule has 15 heavy (non-hydrogen) atoms. The molecular weight excluding hydrogens is 237 g/mol. The van der Waals surface area contributed by atoms with Crippen molar-refractivity contribution in [1.29, 1.82) is 0 Å². The van der Waals surface area contributed by atoms with Gasteiger partial charge in [-0.1, -0.05) is 29.3 Å². The number of nitrogens with one attached hydrogen (secondary N) is 1. The highest BCUT2D eigenvalue weighted by Crippen LogP contribution is 2.23. The SMILES string of the molecule is CC(NCc1c(Cl)cccc1Cl)C(=O)O. The van der Waals surface area contributed by atoms with Gasteiger partial charge in [-0.2, -0.15) is 0 Å². The molecule has 1 rings (SSSR count). The molecule has 3 nitrogen and oxygen atoms in total. The van der Waals surface area contributed by atoms with E-state index in [9.17, 15) is 4.79 Å². The molecule has 0 heterocycles. The van der Waals surface area contributed by atoms with Gasteiger partial charge >= 0.3 is 5.97 Å². The van der Waals surface area contributed by atoms with E-state index < -0.39 is 12.0 Å². The van der Waals surface area contributed by atoms with E-state index in [1.165, 1.54) is 0 Å². The summed E-state index contributed by atoms with van der Waals surface area (Å²) in [5.74, 6) is -0.904. The van der Waals surface area contributed by atoms with Crippen LogP contribution in [-0.2, 0) is 11.3 Å². The van der Waals surface area contributed by atoms with Crippen molar-refractivity contribution in [3.63, 3.8) is 0 Å². The number of aliphatic carboxylic acids is 1. The van der Waals surface area contributed by atoms with Crippen LogP contribution in [-0.4, -0.2) is 17.1 Å². The largest absolute Gasteiger partial charge is 0.480 e. The fourth-order valence-corrected chi connectivity index (χ4v) is 1.57. The second kappa shape index (κ2) is 5.35. The molecule has 0 radical (unpaired) electrons. The summed E-state index contributed by atoms with van der Waals surface area (Å²) in [4.78, 5) is 10.6. The molecule has 5 heteroatoms. The van der Waals surface area contributed by atoms with Gasteiger partial charge in [-0.25, -0.2) is 0 Å². The monoisotopic (exact) mass is 247 g/mol. The highest BCUT2D eigenvalue weighted by atomic mass is 35.5. The molecule has 0 spiro atoms. The van der Waals surface area contributed by atoms with Crippen molar-refractivity contribution in [2.75, 3.05) is 0 Å². The lowest BCUT2D eigenvalue weighted by atomic mass is 10.2. The summed E-state index contributed by atoms with van der Waals surface area (Å²) in [6, 6.07) is 4.55. The third-order valence-electron chi connectivity index (χ3n) is 2.02. The minimum atomic E-state index is -0.904. The minimum absolute atomic E-state index is 0.339. The zero-order chi connectivity index (χ0) is 11.4. The average molecular weight is 248 g/mol. The van der Waals surface area contributed by atoms with Gasteiger partial charge in [0.1, 0.15) is 6.04 Å². The Kier molecular flexibility index (Phi) is 4.39. The van der Waals surface area contributed by atoms with Gasteiger partial charge in [0.05, 0.1) is 0 Å². The maximum Gasteiger partial charge on any atom is 0.320 e. The second-order valence-electron chi connectivity index (χ2n) is 3.14. The molecule has 0 aliphatic heterocycles. The summed E-state index contributed by atoms with van der Waals surface area (Å²) in [6.07, 6.45) is 0. The number of hydrogen-bond acceptors (Lipinski definition) is 2. The van der Waals surface area contributed by atoms with Gasteiger partial charge in [0.25, 0.3) is 0 Å². The number of benzene rings is 1. The Morgan fingerprint density at radius 3 is 2.47 bits per heavy atom. The smallest absolute Gasteiger partial charge is 0.320 e. The number of hydrogen-bond donors (Lipinski definition) is 2. The maximum absolute atomic E-state index is 10.6. The van der Waals surface area contributed by atoms with Gasteiger partial charge in [-0.3, -0.25) is 4.79 Å². The molecule has 1 unspecified atom stereocenters. The van der Waals surface area contributed by atoms with Gasteiger partial charge in [0, 0.05) is 22.2 Å². The van der Waals surface area contributed by atoms with E-state index in [-0.39, 0.29) is 0 Å². The van der Waals surface area contributed by atoms with Gasteiger partial charge in [0.15, 0.2) is 0 Å². The summed E-state index contributed by atoms with van der Waals surface area (Å²) in [7, 11) is 0. The fourth-order valence-electron chi connectivity index (χ4n) is 1.04. The predicted octanol–water partition coefficient (Wildman–Crippen LogP) is 2.56. The van der Waals surface area contributed by atoms with Crippen LogP contribution in [0.5, 0.6) is 0 Å². The van der Waals surface area contributed by atoms with Crippen LogP contribution in [0.2, 0.25) is 10.0 Å². The molecule has 82 valence electrons. The van der Waals surface area contributed by atoms with Crippen LogP contribution in [0.15, 0.2) is 18.2 Å². The molecule has 0 bridgehead atoms. The molecular formula is C10H11Cl2NO2. The molecule has 0 saturated heterocycles. The van der Waals surface area contributed by atoms with E-state index in [1.807, 2.05) is 0 Å². The summed E-state index contributed by atoms with van der Waals surface area (Å²) in [6.45, 7) is 1.90. The van der Waals surface area contributed by atoms with Crippen LogP contribution in [0.1, 0.15) is 12.5 Å². The molecule has 1 aromatic carbocycles. The lowest BCUT2D eigenvalue weighted by molar-refractivity contribution is -0.139. The zero-order valence-corrected chi connectivity index (χ0v) is 9.64. The van der Waals surface area contributed by atoms with Gasteiger partial charge < -0.3 is 10.4 Å². The van der Waals surface area contributed by atoms with Crippen LogP contribution in [0.25, 0.3) is 0 Å². The normalized spacial score (nSPS) is 12.5. The number of halogens is 2. The fraction of sp³-hybridized carbons (Fsp3) is 0.300. The average Bonchev–Trinajstić information content (AvgIpc) is 2.16. The molecule has 0 aromatic heterocycles. The van der Waals surface area contributed by atoms with E-state index in [2.05, 4.69) is 5.32 Å². The molecule has 0 aliphatic carbocycles. The van der Waals surface area contributed by atoms with Gasteiger partial charge in [-0.15, -0.1) is 0 Å². The third kappa shape index (κ3) is 3.38. The van der Waals surface area contributed by atoms with Crippen LogP contribution >= 0.6 is 23.2 Å². The van der Waals surface area contributed by atoms with Crippen molar-refractivity contribution in [1.82, 2.24) is 5.32 Å². The highest BCUT2D eigenvalue weighted by Gasteiger charge is 2.11. The van der Waals surface area contributed by atoms with Crippen molar-refractivity contribution in [2.45, 2.75) is 19.5 Å². The Bertz CT molecular complexity index is 348. The van der Waals surface area contributed by atoms with Crippen molar-refractivity contribution in [3.05, 3.63) is 33.8 Å². The molecule has 1 aromatic rings. The molecule has 0 saturated carbocycles. The lowest BCUT2D eigenvalue weighted by Gasteiger charge is -2.11. The van der Waals surface area contributed by atoms with Gasteiger partial charge in [-0.05, 0) is 19.1 Å². The van der Waals surface area contributed by atoms with Crippen LogP contribution in [0.4, 0.5) is 0 Å². The Balaban J connectivity index is 2.69. The lowest BCUT2D eigenvalue weighted by Crippen LogP contribution is -2.33. The number of rotatable bonds is 4. The van der Waals surface area contributed by atoms with Crippen molar-refractivity contribution in [3.8, 4) is 0 Å². The Hall–Kier alpha value is -0.770. The molecule has 0 fully saturated rings. The summed E-state index contributed by atoms with van der Waals surface area (Å²) < 4.78 is 0. The number of carboxylic acid groups (broad SMARTS) is 1. The molecule has 0 amide bonds. The van der Waals surface area contributed by atoms with E-state index in [0.717, 1.165) is 0 Å². The van der Waals surface area contributed by atoms with E-state index in [0.29, 0.717) is 22.2 Å². The van der Waals surface area contributed by atoms with Crippen molar-refractivity contribution in [2.24, 2.45) is 0 Å². The first-order valence-electron chi connectivity index (χ1n) is 4.41. The van der Waals surface area contributed by atoms with Crippen LogP contribution in [0.3, 0.4) is 0 Å². The molecule has 0 aliphatic rings. The number of carbonyl (C=O) groups is 1. The Labute approximate surface area is 98.0 Å². The first-order valence-corrected chi connectivity index (χ1v) is 5.17. The van der Waals surface area contributed by atoms with Gasteiger partial charge in [0.2, 0.25) is 0 Å². The summed E-state index contributed by atoms with van der Waals surface area (Å²) >= 11 is 11.8. The van der Waals surface area contributed by atoms with Crippen molar-refractivity contribution >= 4 is 29.2 Å². The summed E-state index contributed by atoms with van der Waals surface area (Å²) in [5.41, 5.74) is 0.717. The molecule has 1 atom stereocenters. The van der Waals surface area contributed by atoms with E-state index >= 15 is 0 Å². The number of carboxylic acids is 1. The van der Waals surface area contributed by atoms with E-state index in [1.54, 1.807) is 25.1 Å². The Morgan fingerprint density at radius 2 is 2.00 bits per heavy atom. The highest BCUT2D eigenvalue weighted by molar-refractivity contribution is 6.35. The second-order valence-corrected chi connectivity index (χ2v) is 3.96. The first-order chi connectivity index (χ1) is 7.02. The third-order valence-corrected chi connectivity index (χ3v) is 2.73. The molecule has 2 N–H and O–H groups in total. The predicted molar refractivity (Wildman–Crippen MR) is 60.4 cm³/mol. The van der Waals surface area contributed by atoms with E-state index in [4.69, 9.17) is 28.3 Å². The topological polar surface area (TPSA) is 49.3 Å². The first kappa shape index (κ1) is 12.3. The Morgan fingerprint density at radius 1 is 1.47 bits per heavy atom. The van der Waals surface area contributed by atoms with Crippen LogP contribution in [0, 0.1) is 0 Å². The van der Waals surface area contributed by atoms with Crippen molar-refractivity contribution < 1.29 is 9.90 Å². The van der Waals surface area contributed by atoms with Crippen LogP contribution < -0.4 is 5.32 Å². The minimum Gasteiger partial charge on any atom is -0.480 e. The standard InChI is InChI=1S/C10H11Cl2NO2/c1-6(10(14)15)13-5-7-8(11)3-2-4-9(7)12/h2-4,6,13H,5H2,1H3,(H,14,15). The zero-order valence-electron chi connectivity index (χ0n) is 8.13. The summed E-state index contributed by atoms with van der Waals surface area (Å²) in [5, 5.41) is 12.6. The maximum atomic E-state index is 10.6. The quantitative estimate of drug-likeness (QED) is 0.860.